The predicted molar refractivity (Wildman–Crippen MR) is 137 cm³/mol. The second-order valence-corrected chi connectivity index (χ2v) is 9.39. The van der Waals surface area contributed by atoms with Crippen molar-refractivity contribution in [2.75, 3.05) is 5.32 Å². The first-order valence-electron chi connectivity index (χ1n) is 10.7. The van der Waals surface area contributed by atoms with Crippen molar-refractivity contribution in [3.05, 3.63) is 97.0 Å². The standard InChI is InChI=1S/C25H24Cl3N5O/c1-14-23(28)16(3)32(30-14)12-18-7-5-8-19(11-18)25(34)29-24-15(2)31-33(17(24)4)13-20-21(26)9-6-10-22(20)27/h5-11H,12-13H2,1-4H3,(H,29,34). The predicted octanol–water partition coefficient (Wildman–Crippen LogP) is 6.62. The monoisotopic (exact) mass is 515 g/mol. The fraction of sp³-hybridized carbons (Fsp3) is 0.240. The lowest BCUT2D eigenvalue weighted by molar-refractivity contribution is 0.102. The molecule has 2 aromatic carbocycles. The van der Waals surface area contributed by atoms with Gasteiger partial charge in [-0.1, -0.05) is 53.0 Å². The summed E-state index contributed by atoms with van der Waals surface area (Å²) in [6, 6.07) is 12.9. The van der Waals surface area contributed by atoms with Crippen molar-refractivity contribution in [1.82, 2.24) is 19.6 Å². The van der Waals surface area contributed by atoms with Gasteiger partial charge in [-0.05, 0) is 57.5 Å². The zero-order valence-electron chi connectivity index (χ0n) is 19.3. The summed E-state index contributed by atoms with van der Waals surface area (Å²) in [6.07, 6.45) is 0. The normalized spacial score (nSPS) is 11.1. The third-order valence-corrected chi connectivity index (χ3v) is 7.06. The first-order chi connectivity index (χ1) is 16.2. The number of carbonyl (C=O) groups excluding carboxylic acids is 1. The summed E-state index contributed by atoms with van der Waals surface area (Å²) in [7, 11) is 0. The SMILES string of the molecule is Cc1nn(Cc2cccc(C(=O)Nc3c(C)nn(Cc4c(Cl)cccc4Cl)c3C)c2)c(C)c1Cl. The molecule has 0 bridgehead atoms. The molecule has 34 heavy (non-hydrogen) atoms. The van der Waals surface area contributed by atoms with E-state index in [0.717, 1.165) is 28.2 Å². The third-order valence-electron chi connectivity index (χ3n) is 5.80. The largest absolute Gasteiger partial charge is 0.319 e. The zero-order valence-corrected chi connectivity index (χ0v) is 21.6. The van der Waals surface area contributed by atoms with Gasteiger partial charge in [0.1, 0.15) is 0 Å². The molecular formula is C25H24Cl3N5O. The van der Waals surface area contributed by atoms with Gasteiger partial charge in [-0.15, -0.1) is 0 Å². The molecule has 1 amide bonds. The van der Waals surface area contributed by atoms with Crippen LogP contribution in [0.3, 0.4) is 0 Å². The van der Waals surface area contributed by atoms with Crippen LogP contribution in [-0.2, 0) is 13.1 Å². The van der Waals surface area contributed by atoms with E-state index >= 15 is 0 Å². The Morgan fingerprint density at radius 2 is 1.47 bits per heavy atom. The Morgan fingerprint density at radius 3 is 2.12 bits per heavy atom. The number of nitrogens with one attached hydrogen (secondary N) is 1. The molecule has 0 unspecified atom stereocenters. The van der Waals surface area contributed by atoms with Crippen LogP contribution in [0.25, 0.3) is 0 Å². The smallest absolute Gasteiger partial charge is 0.255 e. The van der Waals surface area contributed by atoms with E-state index in [1.807, 2.05) is 50.6 Å². The molecule has 0 aliphatic rings. The molecule has 0 spiro atoms. The molecular weight excluding hydrogens is 493 g/mol. The van der Waals surface area contributed by atoms with Gasteiger partial charge in [-0.25, -0.2) is 0 Å². The molecule has 1 N–H and O–H groups in total. The topological polar surface area (TPSA) is 64.7 Å². The summed E-state index contributed by atoms with van der Waals surface area (Å²) < 4.78 is 3.63. The van der Waals surface area contributed by atoms with Crippen LogP contribution in [0.4, 0.5) is 5.69 Å². The molecule has 0 atom stereocenters. The van der Waals surface area contributed by atoms with Gasteiger partial charge >= 0.3 is 0 Å². The Labute approximate surface area is 213 Å². The lowest BCUT2D eigenvalue weighted by atomic mass is 10.1. The summed E-state index contributed by atoms with van der Waals surface area (Å²) in [5.74, 6) is -0.213. The average molecular weight is 517 g/mol. The van der Waals surface area contributed by atoms with Crippen molar-refractivity contribution >= 4 is 46.4 Å². The number of halogens is 3. The summed E-state index contributed by atoms with van der Waals surface area (Å²) >= 11 is 18.9. The minimum Gasteiger partial charge on any atom is -0.319 e. The Kier molecular flexibility index (Phi) is 7.03. The van der Waals surface area contributed by atoms with E-state index in [1.54, 1.807) is 28.9 Å². The molecule has 9 heteroatoms. The van der Waals surface area contributed by atoms with Crippen molar-refractivity contribution in [1.29, 1.82) is 0 Å². The van der Waals surface area contributed by atoms with Crippen molar-refractivity contribution < 1.29 is 4.79 Å². The Balaban J connectivity index is 1.54. The van der Waals surface area contributed by atoms with Crippen LogP contribution in [0.5, 0.6) is 0 Å². The minimum absolute atomic E-state index is 0.213. The van der Waals surface area contributed by atoms with Crippen LogP contribution in [0.1, 0.15) is 44.3 Å². The molecule has 0 saturated heterocycles. The number of amides is 1. The molecule has 0 saturated carbocycles. The summed E-state index contributed by atoms with van der Waals surface area (Å²) in [5.41, 5.74) is 6.16. The van der Waals surface area contributed by atoms with Gasteiger partial charge < -0.3 is 5.32 Å². The van der Waals surface area contributed by atoms with Gasteiger partial charge in [0.05, 0.1) is 46.6 Å². The number of hydrogen-bond donors (Lipinski definition) is 1. The van der Waals surface area contributed by atoms with Crippen LogP contribution in [0.15, 0.2) is 42.5 Å². The molecule has 4 rings (SSSR count). The van der Waals surface area contributed by atoms with E-state index in [-0.39, 0.29) is 5.91 Å². The van der Waals surface area contributed by atoms with Crippen LogP contribution in [-0.4, -0.2) is 25.5 Å². The van der Waals surface area contributed by atoms with E-state index in [9.17, 15) is 4.79 Å². The zero-order chi connectivity index (χ0) is 24.6. The highest BCUT2D eigenvalue weighted by Crippen LogP contribution is 2.28. The molecule has 2 aromatic heterocycles. The van der Waals surface area contributed by atoms with Crippen molar-refractivity contribution in [2.45, 2.75) is 40.8 Å². The Morgan fingerprint density at radius 1 is 0.853 bits per heavy atom. The molecule has 4 aromatic rings. The maximum atomic E-state index is 13.1. The average Bonchev–Trinajstić information content (AvgIpc) is 3.20. The van der Waals surface area contributed by atoms with Crippen molar-refractivity contribution in [2.24, 2.45) is 0 Å². The van der Waals surface area contributed by atoms with Gasteiger partial charge in [0.15, 0.2) is 0 Å². The molecule has 0 radical (unpaired) electrons. The number of nitrogens with zero attached hydrogens (tertiary/aromatic N) is 4. The summed E-state index contributed by atoms with van der Waals surface area (Å²) in [6.45, 7) is 8.49. The molecule has 0 fully saturated rings. The maximum Gasteiger partial charge on any atom is 0.255 e. The third kappa shape index (κ3) is 4.85. The number of benzene rings is 2. The van der Waals surface area contributed by atoms with Gasteiger partial charge in [0.2, 0.25) is 0 Å². The number of carbonyl (C=O) groups is 1. The van der Waals surface area contributed by atoms with Gasteiger partial charge in [0.25, 0.3) is 5.91 Å². The highest BCUT2D eigenvalue weighted by Gasteiger charge is 2.18. The number of anilines is 1. The Bertz CT molecular complexity index is 1370. The number of hydrogen-bond acceptors (Lipinski definition) is 3. The van der Waals surface area contributed by atoms with E-state index in [1.165, 1.54) is 0 Å². The van der Waals surface area contributed by atoms with Gasteiger partial charge in [-0.3, -0.25) is 14.2 Å². The van der Waals surface area contributed by atoms with Crippen LogP contribution >= 0.6 is 34.8 Å². The second kappa shape index (κ2) is 9.82. The summed E-state index contributed by atoms with van der Waals surface area (Å²) in [5, 5.41) is 13.9. The first kappa shape index (κ1) is 24.3. The lowest BCUT2D eigenvalue weighted by Crippen LogP contribution is -2.14. The molecule has 2 heterocycles. The molecule has 6 nitrogen and oxygen atoms in total. The molecule has 176 valence electrons. The molecule has 0 aliphatic carbocycles. The van der Waals surface area contributed by atoms with Gasteiger partial charge in [0, 0.05) is 21.2 Å². The number of rotatable bonds is 6. The van der Waals surface area contributed by atoms with Crippen LogP contribution in [0, 0.1) is 27.7 Å². The Hall–Kier alpha value is -2.80. The van der Waals surface area contributed by atoms with Gasteiger partial charge in [-0.2, -0.15) is 10.2 Å². The molecule has 0 aliphatic heterocycles. The number of aromatic nitrogens is 4. The van der Waals surface area contributed by atoms with Crippen molar-refractivity contribution in [3.8, 4) is 0 Å². The highest BCUT2D eigenvalue weighted by atomic mass is 35.5. The quantitative estimate of drug-likeness (QED) is 0.313. The fourth-order valence-corrected chi connectivity index (χ4v) is 4.52. The van der Waals surface area contributed by atoms with E-state index < -0.39 is 0 Å². The lowest BCUT2D eigenvalue weighted by Gasteiger charge is -2.10. The second-order valence-electron chi connectivity index (χ2n) is 8.20. The van der Waals surface area contributed by atoms with Crippen molar-refractivity contribution in [3.63, 3.8) is 0 Å². The maximum absolute atomic E-state index is 13.1. The van der Waals surface area contributed by atoms with Crippen LogP contribution in [0.2, 0.25) is 15.1 Å². The summed E-state index contributed by atoms with van der Waals surface area (Å²) in [4.78, 5) is 13.1. The van der Waals surface area contributed by atoms with Crippen LogP contribution < -0.4 is 5.32 Å². The number of aryl methyl sites for hydroxylation is 2. The fourth-order valence-electron chi connectivity index (χ4n) is 3.86. The highest BCUT2D eigenvalue weighted by molar-refractivity contribution is 6.36. The van der Waals surface area contributed by atoms with E-state index in [2.05, 4.69) is 15.5 Å². The minimum atomic E-state index is -0.213. The van der Waals surface area contributed by atoms with E-state index in [0.29, 0.717) is 45.1 Å². The van der Waals surface area contributed by atoms with E-state index in [4.69, 9.17) is 34.8 Å². The first-order valence-corrected chi connectivity index (χ1v) is 11.9.